The predicted molar refractivity (Wildman–Crippen MR) is 87.5 cm³/mol. The third-order valence-electron chi connectivity index (χ3n) is 4.06. The average Bonchev–Trinajstić information content (AvgIpc) is 2.89. The van der Waals surface area contributed by atoms with Gasteiger partial charge >= 0.3 is 6.03 Å². The Kier molecular flexibility index (Phi) is 5.18. The number of non-ortho nitro benzene ring substituents is 1. The van der Waals surface area contributed by atoms with Crippen LogP contribution in [0.2, 0.25) is 0 Å². The minimum atomic E-state index is -0.451. The second kappa shape index (κ2) is 7.12. The van der Waals surface area contributed by atoms with Gasteiger partial charge in [-0.25, -0.2) is 4.79 Å². The molecule has 2 rings (SSSR count). The molecule has 0 spiro atoms. The number of rotatable bonds is 5. The van der Waals surface area contributed by atoms with E-state index in [0.717, 1.165) is 11.3 Å². The van der Waals surface area contributed by atoms with Crippen LogP contribution in [0.15, 0.2) is 28.8 Å². The number of amides is 2. The smallest absolute Gasteiger partial charge is 0.317 e. The van der Waals surface area contributed by atoms with Crippen molar-refractivity contribution in [1.29, 1.82) is 0 Å². The number of nitrogens with zero attached hydrogens (tertiary/aromatic N) is 3. The molecule has 8 heteroatoms. The van der Waals surface area contributed by atoms with Gasteiger partial charge in [0.1, 0.15) is 5.76 Å². The van der Waals surface area contributed by atoms with Crippen molar-refractivity contribution in [2.45, 2.75) is 33.4 Å². The molecule has 1 atom stereocenters. The van der Waals surface area contributed by atoms with Crippen molar-refractivity contribution in [3.63, 3.8) is 0 Å². The van der Waals surface area contributed by atoms with E-state index in [9.17, 15) is 14.9 Å². The number of urea groups is 1. The summed E-state index contributed by atoms with van der Waals surface area (Å²) in [4.78, 5) is 24.2. The number of aryl methyl sites for hydroxylation is 2. The number of hydrogen-bond acceptors (Lipinski definition) is 5. The predicted octanol–water partition coefficient (Wildman–Crippen LogP) is 3.10. The Labute approximate surface area is 139 Å². The quantitative estimate of drug-likeness (QED) is 0.669. The molecule has 0 bridgehead atoms. The third kappa shape index (κ3) is 3.70. The zero-order valence-electron chi connectivity index (χ0n) is 14.1. The van der Waals surface area contributed by atoms with Gasteiger partial charge in [-0.15, -0.1) is 0 Å². The van der Waals surface area contributed by atoms with E-state index in [1.165, 1.54) is 17.0 Å². The lowest BCUT2D eigenvalue weighted by atomic mass is 10.1. The van der Waals surface area contributed by atoms with E-state index >= 15 is 0 Å². The van der Waals surface area contributed by atoms with E-state index in [4.69, 9.17) is 4.52 Å². The first kappa shape index (κ1) is 17.5. The van der Waals surface area contributed by atoms with Gasteiger partial charge in [-0.1, -0.05) is 17.3 Å². The molecule has 0 radical (unpaired) electrons. The lowest BCUT2D eigenvalue weighted by molar-refractivity contribution is -0.384. The summed E-state index contributed by atoms with van der Waals surface area (Å²) in [6.45, 7) is 5.73. The zero-order chi connectivity index (χ0) is 17.9. The third-order valence-corrected chi connectivity index (χ3v) is 4.06. The average molecular weight is 332 g/mol. The topological polar surface area (TPSA) is 102 Å². The van der Waals surface area contributed by atoms with Gasteiger partial charge in [-0.3, -0.25) is 10.1 Å². The van der Waals surface area contributed by atoms with Gasteiger partial charge in [0.25, 0.3) is 5.69 Å². The van der Waals surface area contributed by atoms with Crippen LogP contribution in [0, 0.1) is 24.0 Å². The molecule has 1 aromatic carbocycles. The van der Waals surface area contributed by atoms with E-state index in [2.05, 4.69) is 10.5 Å². The number of carbonyl (C=O) groups is 1. The second-order valence-electron chi connectivity index (χ2n) is 5.60. The Balaban J connectivity index is 2.04. The first-order valence-electron chi connectivity index (χ1n) is 7.48. The summed E-state index contributed by atoms with van der Waals surface area (Å²) in [5.41, 5.74) is 2.28. The number of hydrogen-bond donors (Lipinski definition) is 1. The Morgan fingerprint density at radius 3 is 2.75 bits per heavy atom. The maximum Gasteiger partial charge on any atom is 0.317 e. The summed E-state index contributed by atoms with van der Waals surface area (Å²) < 4.78 is 5.06. The molecule has 24 heavy (non-hydrogen) atoms. The van der Waals surface area contributed by atoms with Crippen LogP contribution >= 0.6 is 0 Å². The van der Waals surface area contributed by atoms with Gasteiger partial charge in [0.15, 0.2) is 0 Å². The molecule has 1 heterocycles. The molecule has 0 aliphatic rings. The number of carbonyl (C=O) groups excluding carboxylic acids is 1. The van der Waals surface area contributed by atoms with Crippen molar-refractivity contribution in [3.8, 4) is 0 Å². The number of benzene rings is 1. The van der Waals surface area contributed by atoms with Crippen LogP contribution in [-0.4, -0.2) is 28.1 Å². The molecular weight excluding hydrogens is 312 g/mol. The first-order valence-corrected chi connectivity index (χ1v) is 7.48. The van der Waals surface area contributed by atoms with Crippen molar-refractivity contribution in [2.24, 2.45) is 0 Å². The molecule has 1 N–H and O–H groups in total. The molecule has 1 aromatic heterocycles. The maximum atomic E-state index is 12.3. The summed E-state index contributed by atoms with van der Waals surface area (Å²) in [5.74, 6) is 0.669. The van der Waals surface area contributed by atoms with Gasteiger partial charge in [-0.05, 0) is 26.3 Å². The fourth-order valence-corrected chi connectivity index (χ4v) is 2.34. The van der Waals surface area contributed by atoms with E-state index in [1.807, 2.05) is 13.8 Å². The van der Waals surface area contributed by atoms with Crippen LogP contribution in [0.25, 0.3) is 0 Å². The number of aromatic nitrogens is 1. The lowest BCUT2D eigenvalue weighted by Crippen LogP contribution is -2.38. The summed E-state index contributed by atoms with van der Waals surface area (Å²) in [6.07, 6.45) is 0. The van der Waals surface area contributed by atoms with Crippen LogP contribution in [-0.2, 0) is 6.54 Å². The van der Waals surface area contributed by atoms with Gasteiger partial charge in [0.05, 0.1) is 16.7 Å². The second-order valence-corrected chi connectivity index (χ2v) is 5.60. The molecule has 2 aromatic rings. The van der Waals surface area contributed by atoms with Crippen LogP contribution in [0.5, 0.6) is 0 Å². The normalized spacial score (nSPS) is 11.8. The summed E-state index contributed by atoms with van der Waals surface area (Å²) in [7, 11) is 1.65. The van der Waals surface area contributed by atoms with E-state index in [0.29, 0.717) is 17.9 Å². The van der Waals surface area contributed by atoms with Crippen molar-refractivity contribution < 1.29 is 14.2 Å². The van der Waals surface area contributed by atoms with E-state index in [-0.39, 0.29) is 17.8 Å². The fourth-order valence-electron chi connectivity index (χ4n) is 2.34. The Bertz CT molecular complexity index is 737. The lowest BCUT2D eigenvalue weighted by Gasteiger charge is -2.25. The molecule has 0 aliphatic heterocycles. The van der Waals surface area contributed by atoms with Gasteiger partial charge < -0.3 is 14.7 Å². The van der Waals surface area contributed by atoms with Crippen LogP contribution in [0.1, 0.15) is 35.5 Å². The molecule has 2 amide bonds. The van der Waals surface area contributed by atoms with Crippen LogP contribution in [0.3, 0.4) is 0 Å². The minimum absolute atomic E-state index is 0.00359. The Morgan fingerprint density at radius 2 is 2.17 bits per heavy atom. The highest BCUT2D eigenvalue weighted by molar-refractivity contribution is 5.74. The molecule has 0 aliphatic carbocycles. The van der Waals surface area contributed by atoms with Crippen molar-refractivity contribution in [1.82, 2.24) is 15.4 Å². The number of nitro groups is 1. The van der Waals surface area contributed by atoms with Crippen molar-refractivity contribution >= 4 is 11.7 Å². The van der Waals surface area contributed by atoms with Gasteiger partial charge in [-0.2, -0.15) is 0 Å². The van der Waals surface area contributed by atoms with E-state index in [1.54, 1.807) is 26.1 Å². The summed E-state index contributed by atoms with van der Waals surface area (Å²) in [5, 5.41) is 17.5. The van der Waals surface area contributed by atoms with Gasteiger partial charge in [0.2, 0.25) is 0 Å². The number of nitro benzene ring substituents is 1. The SMILES string of the molecule is Cc1noc(C)c1CNC(=O)N(C)[C@H](C)c1cccc([N+](=O)[O-])c1. The fraction of sp³-hybridized carbons (Fsp3) is 0.375. The molecule has 0 saturated carbocycles. The Morgan fingerprint density at radius 1 is 1.46 bits per heavy atom. The zero-order valence-corrected chi connectivity index (χ0v) is 14.1. The first-order chi connectivity index (χ1) is 11.3. The number of nitrogens with one attached hydrogen (secondary N) is 1. The van der Waals surface area contributed by atoms with Crippen LogP contribution < -0.4 is 5.32 Å². The highest BCUT2D eigenvalue weighted by atomic mass is 16.6. The highest BCUT2D eigenvalue weighted by Crippen LogP contribution is 2.23. The molecule has 128 valence electrons. The summed E-state index contributed by atoms with van der Waals surface area (Å²) in [6, 6.07) is 5.68. The van der Waals surface area contributed by atoms with Crippen molar-refractivity contribution in [3.05, 3.63) is 57.0 Å². The van der Waals surface area contributed by atoms with E-state index < -0.39 is 4.92 Å². The molecule has 8 nitrogen and oxygen atoms in total. The van der Waals surface area contributed by atoms with Crippen molar-refractivity contribution in [2.75, 3.05) is 7.05 Å². The highest BCUT2D eigenvalue weighted by Gasteiger charge is 2.20. The Hall–Kier alpha value is -2.90. The van der Waals surface area contributed by atoms with Gasteiger partial charge in [0, 0.05) is 31.3 Å². The molecule has 0 fully saturated rings. The van der Waals surface area contributed by atoms with Crippen LogP contribution in [0.4, 0.5) is 10.5 Å². The maximum absolute atomic E-state index is 12.3. The molecule has 0 unspecified atom stereocenters. The minimum Gasteiger partial charge on any atom is -0.361 e. The molecule has 0 saturated heterocycles. The summed E-state index contributed by atoms with van der Waals surface area (Å²) >= 11 is 0. The molecular formula is C16H20N4O4. The largest absolute Gasteiger partial charge is 0.361 e. The standard InChI is InChI=1S/C16H20N4O4/c1-10-15(12(3)24-18-10)9-17-16(21)19(4)11(2)13-6-5-7-14(8-13)20(22)23/h5-8,11H,9H2,1-4H3,(H,17,21)/t11-/m1/s1. The monoisotopic (exact) mass is 332 g/mol.